The minimum Gasteiger partial charge on any atom is -0.192 e. The van der Waals surface area contributed by atoms with Crippen molar-refractivity contribution in [1.82, 2.24) is 0 Å². The van der Waals surface area contributed by atoms with E-state index in [1.807, 2.05) is 66.7 Å². The van der Waals surface area contributed by atoms with Crippen LogP contribution in [0, 0.1) is 11.3 Å². The van der Waals surface area contributed by atoms with Crippen molar-refractivity contribution in [2.24, 2.45) is 0 Å². The minimum absolute atomic E-state index is 0.678. The third kappa shape index (κ3) is 3.63. The van der Waals surface area contributed by atoms with Crippen molar-refractivity contribution in [2.75, 3.05) is 0 Å². The average molecular weight is 357 g/mol. The summed E-state index contributed by atoms with van der Waals surface area (Å²) in [5.74, 6) is 0. The maximum absolute atomic E-state index is 10.1. The van der Waals surface area contributed by atoms with Gasteiger partial charge in [-0.1, -0.05) is 115 Å². The van der Waals surface area contributed by atoms with Crippen LogP contribution in [-0.2, 0) is 0 Å². The number of hydrogen-bond donors (Lipinski definition) is 0. The zero-order chi connectivity index (χ0) is 19.2. The van der Waals surface area contributed by atoms with Crippen LogP contribution in [0.4, 0.5) is 0 Å². The van der Waals surface area contributed by atoms with Gasteiger partial charge in [-0.15, -0.1) is 0 Å². The van der Waals surface area contributed by atoms with E-state index in [4.69, 9.17) is 0 Å². The highest BCUT2D eigenvalue weighted by molar-refractivity contribution is 6.03. The molecule has 0 N–H and O–H groups in total. The molecule has 0 aliphatic carbocycles. The predicted molar refractivity (Wildman–Crippen MR) is 116 cm³/mol. The molecule has 0 aliphatic heterocycles. The lowest BCUT2D eigenvalue weighted by molar-refractivity contribution is 1.50. The van der Waals surface area contributed by atoms with E-state index in [0.717, 1.165) is 27.8 Å². The third-order valence-electron chi connectivity index (χ3n) is 4.77. The molecule has 4 rings (SSSR count). The molecule has 1 nitrogen and oxygen atoms in total. The van der Waals surface area contributed by atoms with Crippen molar-refractivity contribution in [3.63, 3.8) is 0 Å². The lowest BCUT2D eigenvalue weighted by Crippen LogP contribution is -1.94. The van der Waals surface area contributed by atoms with Crippen LogP contribution in [-0.4, -0.2) is 0 Å². The van der Waals surface area contributed by atoms with E-state index in [9.17, 15) is 5.26 Å². The molecule has 0 saturated carbocycles. The molecule has 1 heteroatoms. The molecule has 28 heavy (non-hydrogen) atoms. The second-order valence-corrected chi connectivity index (χ2v) is 6.54. The van der Waals surface area contributed by atoms with Gasteiger partial charge < -0.3 is 0 Å². The molecule has 0 aliphatic rings. The van der Waals surface area contributed by atoms with E-state index >= 15 is 0 Å². The van der Waals surface area contributed by atoms with Crippen LogP contribution in [0.5, 0.6) is 0 Å². The second kappa shape index (κ2) is 8.20. The summed E-state index contributed by atoms with van der Waals surface area (Å²) < 4.78 is 0. The van der Waals surface area contributed by atoms with Gasteiger partial charge in [0.1, 0.15) is 6.07 Å². The molecular weight excluding hydrogens is 338 g/mol. The molecule has 0 spiro atoms. The topological polar surface area (TPSA) is 23.8 Å². The minimum atomic E-state index is 0.678. The Kier molecular flexibility index (Phi) is 5.13. The maximum Gasteiger partial charge on any atom is 0.100 e. The van der Waals surface area contributed by atoms with E-state index in [0.29, 0.717) is 5.57 Å². The molecule has 0 saturated heterocycles. The predicted octanol–water partition coefficient (Wildman–Crippen LogP) is 6.84. The summed E-state index contributed by atoms with van der Waals surface area (Å²) >= 11 is 0. The first-order valence-electron chi connectivity index (χ1n) is 9.28. The van der Waals surface area contributed by atoms with E-state index in [-0.39, 0.29) is 0 Å². The molecule has 0 amide bonds. The molecule has 0 bridgehead atoms. The van der Waals surface area contributed by atoms with Crippen molar-refractivity contribution in [3.8, 4) is 17.2 Å². The number of nitriles is 1. The van der Waals surface area contributed by atoms with Crippen LogP contribution < -0.4 is 0 Å². The summed E-state index contributed by atoms with van der Waals surface area (Å²) in [6.07, 6.45) is 0. The van der Waals surface area contributed by atoms with Crippen molar-refractivity contribution in [1.29, 1.82) is 5.26 Å². The Balaban J connectivity index is 1.86. The van der Waals surface area contributed by atoms with Crippen molar-refractivity contribution >= 4 is 11.1 Å². The molecule has 4 aromatic carbocycles. The smallest absolute Gasteiger partial charge is 0.100 e. The molecule has 0 aromatic heterocycles. The van der Waals surface area contributed by atoms with Gasteiger partial charge in [0.25, 0.3) is 0 Å². The summed E-state index contributed by atoms with van der Waals surface area (Å²) in [6, 6.07) is 41.2. The quantitative estimate of drug-likeness (QED) is 0.290. The summed E-state index contributed by atoms with van der Waals surface area (Å²) in [7, 11) is 0. The summed E-state index contributed by atoms with van der Waals surface area (Å²) in [4.78, 5) is 0. The Bertz CT molecular complexity index is 1080. The Morgan fingerprint density at radius 2 is 0.893 bits per heavy atom. The zero-order valence-corrected chi connectivity index (χ0v) is 15.4. The van der Waals surface area contributed by atoms with Gasteiger partial charge in [0.05, 0.1) is 5.57 Å². The van der Waals surface area contributed by atoms with Crippen LogP contribution in [0.3, 0.4) is 0 Å². The first-order valence-corrected chi connectivity index (χ1v) is 9.28. The fourth-order valence-electron chi connectivity index (χ4n) is 3.39. The Morgan fingerprint density at radius 3 is 1.36 bits per heavy atom. The van der Waals surface area contributed by atoms with Crippen LogP contribution in [0.25, 0.3) is 22.3 Å². The Hall–Kier alpha value is -3.89. The van der Waals surface area contributed by atoms with Gasteiger partial charge in [0.15, 0.2) is 0 Å². The van der Waals surface area contributed by atoms with Crippen LogP contribution in [0.15, 0.2) is 115 Å². The van der Waals surface area contributed by atoms with Gasteiger partial charge in [-0.3, -0.25) is 0 Å². The first-order chi connectivity index (χ1) is 13.9. The number of rotatable bonds is 4. The van der Waals surface area contributed by atoms with Crippen LogP contribution in [0.1, 0.15) is 16.7 Å². The highest BCUT2D eigenvalue weighted by Crippen LogP contribution is 2.32. The second-order valence-electron chi connectivity index (χ2n) is 6.54. The van der Waals surface area contributed by atoms with Gasteiger partial charge >= 0.3 is 0 Å². The monoisotopic (exact) mass is 357 g/mol. The summed E-state index contributed by atoms with van der Waals surface area (Å²) in [5.41, 5.74) is 6.94. The summed E-state index contributed by atoms with van der Waals surface area (Å²) in [5, 5.41) is 10.1. The average Bonchev–Trinajstić information content (AvgIpc) is 2.79. The van der Waals surface area contributed by atoms with Crippen molar-refractivity contribution in [3.05, 3.63) is 132 Å². The van der Waals surface area contributed by atoms with Gasteiger partial charge in [0, 0.05) is 5.57 Å². The van der Waals surface area contributed by atoms with E-state index in [2.05, 4.69) is 54.6 Å². The van der Waals surface area contributed by atoms with Gasteiger partial charge in [-0.25, -0.2) is 0 Å². The first kappa shape index (κ1) is 17.5. The lowest BCUT2D eigenvalue weighted by Gasteiger charge is -2.13. The zero-order valence-electron chi connectivity index (χ0n) is 15.4. The van der Waals surface area contributed by atoms with Crippen molar-refractivity contribution < 1.29 is 0 Å². The largest absolute Gasteiger partial charge is 0.192 e. The highest BCUT2D eigenvalue weighted by Gasteiger charge is 2.13. The Morgan fingerprint density at radius 1 is 0.464 bits per heavy atom. The molecular formula is C27H19N. The van der Waals surface area contributed by atoms with Crippen LogP contribution in [0.2, 0.25) is 0 Å². The van der Waals surface area contributed by atoms with Crippen LogP contribution >= 0.6 is 0 Å². The fourth-order valence-corrected chi connectivity index (χ4v) is 3.39. The number of allylic oxidation sites excluding steroid dienone is 1. The normalized spacial score (nSPS) is 10.1. The molecule has 0 atom stereocenters. The van der Waals surface area contributed by atoms with E-state index in [1.54, 1.807) is 0 Å². The molecule has 0 fully saturated rings. The number of hydrogen-bond acceptors (Lipinski definition) is 1. The molecule has 4 aromatic rings. The molecule has 0 radical (unpaired) electrons. The van der Waals surface area contributed by atoms with Gasteiger partial charge in [-0.05, 0) is 27.8 Å². The third-order valence-corrected chi connectivity index (χ3v) is 4.77. The number of benzene rings is 4. The van der Waals surface area contributed by atoms with Crippen molar-refractivity contribution in [2.45, 2.75) is 0 Å². The SMILES string of the molecule is N#CC(=C(c1ccccc1)c1ccccc1)c1ccc(-c2ccccc2)cc1. The van der Waals surface area contributed by atoms with Gasteiger partial charge in [0.2, 0.25) is 0 Å². The standard InChI is InChI=1S/C27H19N/c28-20-26(23-18-16-22(17-19-23)21-10-4-1-5-11-21)27(24-12-6-2-7-13-24)25-14-8-3-9-15-25/h1-19H. The lowest BCUT2D eigenvalue weighted by atomic mass is 9.89. The highest BCUT2D eigenvalue weighted by atomic mass is 14.3. The maximum atomic E-state index is 10.1. The molecule has 0 heterocycles. The Labute approximate surface area is 165 Å². The fraction of sp³-hybridized carbons (Fsp3) is 0. The molecule has 132 valence electrons. The van der Waals surface area contributed by atoms with E-state index in [1.165, 1.54) is 5.56 Å². The summed E-state index contributed by atoms with van der Waals surface area (Å²) in [6.45, 7) is 0. The number of nitrogens with zero attached hydrogens (tertiary/aromatic N) is 1. The van der Waals surface area contributed by atoms with Gasteiger partial charge in [-0.2, -0.15) is 5.26 Å². The molecule has 0 unspecified atom stereocenters. The van der Waals surface area contributed by atoms with E-state index < -0.39 is 0 Å².